The maximum absolute atomic E-state index is 12.6. The fraction of sp³-hybridized carbons (Fsp3) is 0.474. The number of nitrogens with one attached hydrogen (secondary N) is 1. The molecule has 1 unspecified atom stereocenters. The molecule has 1 atom stereocenters. The van der Waals surface area contributed by atoms with E-state index in [1.54, 1.807) is 30.1 Å². The van der Waals surface area contributed by atoms with E-state index in [1.807, 2.05) is 6.07 Å². The molecule has 0 spiro atoms. The van der Waals surface area contributed by atoms with Crippen molar-refractivity contribution in [3.05, 3.63) is 40.4 Å². The minimum absolute atomic E-state index is 0.132. The van der Waals surface area contributed by atoms with Crippen LogP contribution < -0.4 is 5.56 Å². The molecule has 1 saturated heterocycles. The summed E-state index contributed by atoms with van der Waals surface area (Å²) < 4.78 is 0. The molecule has 26 heavy (non-hydrogen) atoms. The Morgan fingerprint density at radius 3 is 2.73 bits per heavy atom. The average molecular weight is 356 g/mol. The van der Waals surface area contributed by atoms with Crippen LogP contribution in [0.4, 0.5) is 0 Å². The van der Waals surface area contributed by atoms with Crippen molar-refractivity contribution in [1.82, 2.24) is 19.8 Å². The lowest BCUT2D eigenvalue weighted by Crippen LogP contribution is -2.40. The van der Waals surface area contributed by atoms with Crippen LogP contribution >= 0.6 is 0 Å². The van der Waals surface area contributed by atoms with Crippen molar-refractivity contribution >= 4 is 22.7 Å². The minimum Gasteiger partial charge on any atom is -0.309 e. The van der Waals surface area contributed by atoms with Crippen LogP contribution in [0.5, 0.6) is 0 Å². The van der Waals surface area contributed by atoms with Crippen LogP contribution in [0.2, 0.25) is 0 Å². The van der Waals surface area contributed by atoms with E-state index < -0.39 is 6.04 Å². The first-order valence-corrected chi connectivity index (χ1v) is 8.89. The van der Waals surface area contributed by atoms with E-state index in [2.05, 4.69) is 23.8 Å². The Balaban J connectivity index is 1.74. The molecule has 2 amide bonds. The average Bonchev–Trinajstić information content (AvgIpc) is 2.87. The molecular weight excluding hydrogens is 332 g/mol. The van der Waals surface area contributed by atoms with E-state index in [0.29, 0.717) is 35.7 Å². The van der Waals surface area contributed by atoms with Gasteiger partial charge >= 0.3 is 0 Å². The molecule has 1 aliphatic rings. The summed E-state index contributed by atoms with van der Waals surface area (Å²) in [5.41, 5.74) is 0.415. The largest absolute Gasteiger partial charge is 0.309 e. The van der Waals surface area contributed by atoms with Crippen LogP contribution in [0.1, 0.15) is 32.5 Å². The zero-order valence-electron chi connectivity index (χ0n) is 15.4. The highest BCUT2D eigenvalue weighted by Gasteiger charge is 2.40. The number of benzene rings is 1. The molecule has 138 valence electrons. The highest BCUT2D eigenvalue weighted by molar-refractivity contribution is 6.05. The van der Waals surface area contributed by atoms with Crippen molar-refractivity contribution in [2.75, 3.05) is 13.6 Å². The van der Waals surface area contributed by atoms with Crippen molar-refractivity contribution in [3.63, 3.8) is 0 Å². The third-order valence-electron chi connectivity index (χ3n) is 4.74. The van der Waals surface area contributed by atoms with Gasteiger partial charge in [-0.2, -0.15) is 0 Å². The first-order chi connectivity index (χ1) is 12.4. The predicted molar refractivity (Wildman–Crippen MR) is 98.4 cm³/mol. The number of H-pyrrole nitrogens is 1. The fourth-order valence-electron chi connectivity index (χ4n) is 3.19. The van der Waals surface area contributed by atoms with E-state index in [-0.39, 0.29) is 23.8 Å². The fourth-order valence-corrected chi connectivity index (χ4v) is 3.19. The maximum Gasteiger partial charge on any atom is 0.258 e. The van der Waals surface area contributed by atoms with Crippen LogP contribution in [0.15, 0.2) is 29.1 Å². The standard InChI is InChI=1S/C19H24N4O3/c1-12(2)8-9-23-17(24)10-15(19(23)26)22(3)11-16-20-14-7-5-4-6-13(14)18(25)21-16/h4-7,12,15H,8-11H2,1-3H3,(H,20,21,25). The molecule has 0 radical (unpaired) electrons. The van der Waals surface area contributed by atoms with Gasteiger partial charge in [0.2, 0.25) is 11.8 Å². The quantitative estimate of drug-likeness (QED) is 0.793. The van der Waals surface area contributed by atoms with E-state index in [1.165, 1.54) is 4.90 Å². The minimum atomic E-state index is -0.508. The van der Waals surface area contributed by atoms with Gasteiger partial charge in [-0.3, -0.25) is 24.2 Å². The number of likely N-dealkylation sites (N-methyl/N-ethyl adjacent to an activating group) is 1. The smallest absolute Gasteiger partial charge is 0.258 e. The molecule has 1 N–H and O–H groups in total. The second kappa shape index (κ2) is 7.37. The van der Waals surface area contributed by atoms with Gasteiger partial charge in [0.05, 0.1) is 29.9 Å². The molecule has 1 aliphatic heterocycles. The zero-order valence-corrected chi connectivity index (χ0v) is 15.4. The molecule has 1 aromatic carbocycles. The SMILES string of the molecule is CC(C)CCN1C(=O)CC(N(C)Cc2nc3ccccc3c(=O)[nH]2)C1=O. The second-order valence-corrected chi connectivity index (χ2v) is 7.23. The van der Waals surface area contributed by atoms with E-state index in [0.717, 1.165) is 6.42 Å². The second-order valence-electron chi connectivity index (χ2n) is 7.23. The van der Waals surface area contributed by atoms with E-state index in [9.17, 15) is 14.4 Å². The summed E-state index contributed by atoms with van der Waals surface area (Å²) in [7, 11) is 1.77. The molecule has 7 heteroatoms. The lowest BCUT2D eigenvalue weighted by Gasteiger charge is -2.22. The molecule has 0 saturated carbocycles. The third-order valence-corrected chi connectivity index (χ3v) is 4.74. The number of carbonyl (C=O) groups is 2. The van der Waals surface area contributed by atoms with E-state index >= 15 is 0 Å². The number of hydrogen-bond donors (Lipinski definition) is 1. The Kier molecular flexibility index (Phi) is 5.18. The molecule has 0 bridgehead atoms. The first-order valence-electron chi connectivity index (χ1n) is 8.89. The molecule has 2 heterocycles. The van der Waals surface area contributed by atoms with Gasteiger partial charge in [-0.15, -0.1) is 0 Å². The summed E-state index contributed by atoms with van der Waals surface area (Å²) >= 11 is 0. The monoisotopic (exact) mass is 356 g/mol. The Bertz CT molecular complexity index is 890. The van der Waals surface area contributed by atoms with Crippen LogP contribution in [0.25, 0.3) is 10.9 Å². The maximum atomic E-state index is 12.6. The van der Waals surface area contributed by atoms with Gasteiger partial charge in [0.1, 0.15) is 5.82 Å². The van der Waals surface area contributed by atoms with Crippen LogP contribution in [-0.2, 0) is 16.1 Å². The summed E-state index contributed by atoms with van der Waals surface area (Å²) in [6.07, 6.45) is 0.971. The molecule has 1 fully saturated rings. The van der Waals surface area contributed by atoms with Gasteiger partial charge in [0, 0.05) is 6.54 Å². The Morgan fingerprint density at radius 1 is 1.27 bits per heavy atom. The van der Waals surface area contributed by atoms with Crippen molar-refractivity contribution in [2.45, 2.75) is 39.3 Å². The number of nitrogens with zero attached hydrogens (tertiary/aromatic N) is 3. The molecule has 2 aromatic rings. The van der Waals surface area contributed by atoms with Crippen molar-refractivity contribution in [2.24, 2.45) is 5.92 Å². The van der Waals surface area contributed by atoms with Gasteiger partial charge in [-0.1, -0.05) is 26.0 Å². The normalized spacial score (nSPS) is 17.9. The summed E-state index contributed by atoms with van der Waals surface area (Å²) in [5.74, 6) is 0.616. The van der Waals surface area contributed by atoms with Crippen LogP contribution in [-0.4, -0.2) is 51.2 Å². The summed E-state index contributed by atoms with van der Waals surface area (Å²) in [6, 6.07) is 6.62. The Labute approximate surface area is 152 Å². The van der Waals surface area contributed by atoms with Gasteiger partial charge in [0.25, 0.3) is 5.56 Å². The number of aromatic amines is 1. The van der Waals surface area contributed by atoms with Crippen molar-refractivity contribution in [3.8, 4) is 0 Å². The number of rotatable bonds is 6. The summed E-state index contributed by atoms with van der Waals surface area (Å²) in [4.78, 5) is 47.4. The number of para-hydroxylation sites is 1. The molecule has 3 rings (SSSR count). The molecule has 0 aliphatic carbocycles. The first kappa shape index (κ1) is 18.3. The topological polar surface area (TPSA) is 86.4 Å². The Morgan fingerprint density at radius 2 is 2.00 bits per heavy atom. The van der Waals surface area contributed by atoms with Gasteiger partial charge in [-0.25, -0.2) is 4.98 Å². The summed E-state index contributed by atoms with van der Waals surface area (Å²) in [5, 5.41) is 0.533. The lowest BCUT2D eigenvalue weighted by atomic mass is 10.1. The van der Waals surface area contributed by atoms with Gasteiger partial charge in [0.15, 0.2) is 0 Å². The van der Waals surface area contributed by atoms with Crippen molar-refractivity contribution < 1.29 is 9.59 Å². The highest BCUT2D eigenvalue weighted by Crippen LogP contribution is 2.20. The summed E-state index contributed by atoms with van der Waals surface area (Å²) in [6.45, 7) is 4.89. The van der Waals surface area contributed by atoms with Gasteiger partial charge < -0.3 is 4.98 Å². The van der Waals surface area contributed by atoms with Crippen LogP contribution in [0, 0.1) is 5.92 Å². The van der Waals surface area contributed by atoms with E-state index in [4.69, 9.17) is 0 Å². The number of likely N-dealkylation sites (tertiary alicyclic amines) is 1. The number of carbonyl (C=O) groups excluding carboxylic acids is 2. The number of imide groups is 1. The number of amides is 2. The number of hydrogen-bond acceptors (Lipinski definition) is 5. The predicted octanol–water partition coefficient (Wildman–Crippen LogP) is 1.53. The van der Waals surface area contributed by atoms with Gasteiger partial charge in [-0.05, 0) is 31.5 Å². The molecular formula is C19H24N4O3. The highest BCUT2D eigenvalue weighted by atomic mass is 16.2. The Hall–Kier alpha value is -2.54. The lowest BCUT2D eigenvalue weighted by molar-refractivity contribution is -0.139. The molecule has 7 nitrogen and oxygen atoms in total. The zero-order chi connectivity index (χ0) is 18.8. The number of aromatic nitrogens is 2. The number of fused-ring (bicyclic) bond motifs is 1. The molecule has 1 aromatic heterocycles. The third kappa shape index (κ3) is 3.67. The van der Waals surface area contributed by atoms with Crippen molar-refractivity contribution in [1.29, 1.82) is 0 Å². The van der Waals surface area contributed by atoms with Crippen LogP contribution in [0.3, 0.4) is 0 Å².